The fourth-order valence-corrected chi connectivity index (χ4v) is 2.21. The van der Waals surface area contributed by atoms with Crippen LogP contribution >= 0.6 is 15.9 Å². The number of hydrogen-bond acceptors (Lipinski definition) is 2. The summed E-state index contributed by atoms with van der Waals surface area (Å²) in [5.74, 6) is 0. The molecule has 0 aliphatic heterocycles. The van der Waals surface area contributed by atoms with Crippen molar-refractivity contribution < 1.29 is 0 Å². The van der Waals surface area contributed by atoms with E-state index in [0.29, 0.717) is 0 Å². The van der Waals surface area contributed by atoms with E-state index in [4.69, 9.17) is 0 Å². The Morgan fingerprint density at radius 2 is 2.06 bits per heavy atom. The monoisotopic (exact) mass is 307 g/mol. The van der Waals surface area contributed by atoms with Gasteiger partial charge in [0.1, 0.15) is 0 Å². The zero-order chi connectivity index (χ0) is 13.1. The van der Waals surface area contributed by atoms with Gasteiger partial charge in [-0.05, 0) is 50.6 Å². The molecule has 1 heterocycles. The second-order valence-electron chi connectivity index (χ2n) is 4.41. The molecule has 3 nitrogen and oxygen atoms in total. The normalized spacial score (nSPS) is 10.7. The van der Waals surface area contributed by atoms with Gasteiger partial charge in [0.25, 0.3) is 0 Å². The predicted octanol–water partition coefficient (Wildman–Crippen LogP) is 3.89. The first-order valence-electron chi connectivity index (χ1n) is 6.13. The minimum Gasteiger partial charge on any atom is -0.379 e. The fourth-order valence-electron chi connectivity index (χ4n) is 1.96. The van der Waals surface area contributed by atoms with Crippen molar-refractivity contribution in [1.29, 1.82) is 0 Å². The van der Waals surface area contributed by atoms with Crippen molar-refractivity contribution in [1.82, 2.24) is 9.78 Å². The predicted molar refractivity (Wildman–Crippen MR) is 78.8 cm³/mol. The average Bonchev–Trinajstić information content (AvgIpc) is 2.71. The Balaban J connectivity index is 2.08. The molecule has 18 heavy (non-hydrogen) atoms. The number of rotatable bonds is 4. The van der Waals surface area contributed by atoms with Gasteiger partial charge in [-0.1, -0.05) is 15.9 Å². The number of aromatic nitrogens is 2. The summed E-state index contributed by atoms with van der Waals surface area (Å²) in [5.41, 5.74) is 4.66. The summed E-state index contributed by atoms with van der Waals surface area (Å²) in [7, 11) is 0. The molecule has 96 valence electrons. The Morgan fingerprint density at radius 1 is 1.28 bits per heavy atom. The maximum Gasteiger partial charge on any atom is 0.0597 e. The molecule has 1 N–H and O–H groups in total. The first-order chi connectivity index (χ1) is 8.60. The lowest BCUT2D eigenvalue weighted by Gasteiger charge is -2.09. The minimum absolute atomic E-state index is 0.801. The topological polar surface area (TPSA) is 29.9 Å². The molecule has 2 aromatic rings. The van der Waals surface area contributed by atoms with Gasteiger partial charge in [0.2, 0.25) is 0 Å². The highest BCUT2D eigenvalue weighted by atomic mass is 79.9. The summed E-state index contributed by atoms with van der Waals surface area (Å²) < 4.78 is 3.18. The molecule has 0 bridgehead atoms. The maximum absolute atomic E-state index is 4.44. The highest BCUT2D eigenvalue weighted by Gasteiger charge is 2.04. The summed E-state index contributed by atoms with van der Waals surface area (Å²) in [5, 5.41) is 7.88. The Hall–Kier alpha value is -1.29. The first-order valence-corrected chi connectivity index (χ1v) is 6.93. The van der Waals surface area contributed by atoms with E-state index in [1.54, 1.807) is 0 Å². The van der Waals surface area contributed by atoms with Crippen LogP contribution in [0.15, 0.2) is 28.7 Å². The van der Waals surface area contributed by atoms with E-state index in [2.05, 4.69) is 64.5 Å². The molecule has 0 spiro atoms. The van der Waals surface area contributed by atoms with Crippen molar-refractivity contribution in [3.8, 4) is 0 Å². The molecule has 0 fully saturated rings. The molecule has 0 saturated heterocycles. The highest BCUT2D eigenvalue weighted by Crippen LogP contribution is 2.20. The Labute approximate surface area is 116 Å². The van der Waals surface area contributed by atoms with Crippen molar-refractivity contribution in [3.05, 3.63) is 45.7 Å². The molecule has 0 radical (unpaired) electrons. The molecule has 4 heteroatoms. The lowest BCUT2D eigenvalue weighted by Crippen LogP contribution is -2.07. The number of benzene rings is 1. The van der Waals surface area contributed by atoms with Crippen molar-refractivity contribution >= 4 is 21.6 Å². The molecule has 0 saturated carbocycles. The maximum atomic E-state index is 4.44. The van der Waals surface area contributed by atoms with E-state index in [1.807, 2.05) is 11.6 Å². The van der Waals surface area contributed by atoms with Gasteiger partial charge in [-0.2, -0.15) is 5.10 Å². The second-order valence-corrected chi connectivity index (χ2v) is 5.26. The van der Waals surface area contributed by atoms with Crippen LogP contribution in [-0.4, -0.2) is 9.78 Å². The van der Waals surface area contributed by atoms with Gasteiger partial charge in [-0.3, -0.25) is 4.68 Å². The number of anilines is 1. The molecule has 0 amide bonds. The molecule has 2 rings (SSSR count). The number of hydrogen-bond donors (Lipinski definition) is 1. The van der Waals surface area contributed by atoms with Crippen LogP contribution in [-0.2, 0) is 13.1 Å². The van der Waals surface area contributed by atoms with Crippen LogP contribution < -0.4 is 5.32 Å². The summed E-state index contributed by atoms with van der Waals surface area (Å²) in [6.45, 7) is 7.94. The molecule has 0 unspecified atom stereocenters. The Bertz CT molecular complexity index is 546. The molecule has 1 aromatic heterocycles. The van der Waals surface area contributed by atoms with E-state index in [-0.39, 0.29) is 0 Å². The van der Waals surface area contributed by atoms with Gasteiger partial charge in [0.05, 0.1) is 17.9 Å². The summed E-state index contributed by atoms with van der Waals surface area (Å²) >= 11 is 3.51. The van der Waals surface area contributed by atoms with Gasteiger partial charge in [0, 0.05) is 16.7 Å². The first kappa shape index (κ1) is 13.1. The van der Waals surface area contributed by atoms with E-state index >= 15 is 0 Å². The van der Waals surface area contributed by atoms with Crippen LogP contribution in [0.25, 0.3) is 0 Å². The zero-order valence-corrected chi connectivity index (χ0v) is 12.6. The molecule has 0 aliphatic rings. The summed E-state index contributed by atoms with van der Waals surface area (Å²) in [6.07, 6.45) is 0. The molecule has 1 aromatic carbocycles. The van der Waals surface area contributed by atoms with Gasteiger partial charge in [-0.25, -0.2) is 0 Å². The number of aryl methyl sites for hydroxylation is 3. The van der Waals surface area contributed by atoms with E-state index < -0.39 is 0 Å². The zero-order valence-electron chi connectivity index (χ0n) is 11.0. The average molecular weight is 308 g/mol. The number of nitrogens with zero attached hydrogens (tertiary/aromatic N) is 2. The Kier molecular flexibility index (Phi) is 4.07. The van der Waals surface area contributed by atoms with E-state index in [0.717, 1.165) is 28.9 Å². The van der Waals surface area contributed by atoms with E-state index in [1.165, 1.54) is 11.3 Å². The quantitative estimate of drug-likeness (QED) is 0.928. The van der Waals surface area contributed by atoms with Gasteiger partial charge in [-0.15, -0.1) is 0 Å². The smallest absolute Gasteiger partial charge is 0.0597 e. The molecule has 0 atom stereocenters. The minimum atomic E-state index is 0.801. The van der Waals surface area contributed by atoms with Crippen molar-refractivity contribution in [3.63, 3.8) is 0 Å². The van der Waals surface area contributed by atoms with E-state index in [9.17, 15) is 0 Å². The second kappa shape index (κ2) is 5.57. The Morgan fingerprint density at radius 3 is 2.72 bits per heavy atom. The third-order valence-corrected chi connectivity index (χ3v) is 3.81. The summed E-state index contributed by atoms with van der Waals surface area (Å²) in [4.78, 5) is 0. The molecular weight excluding hydrogens is 290 g/mol. The van der Waals surface area contributed by atoms with Crippen LogP contribution in [0.3, 0.4) is 0 Å². The summed E-state index contributed by atoms with van der Waals surface area (Å²) in [6, 6.07) is 8.42. The largest absolute Gasteiger partial charge is 0.379 e. The van der Waals surface area contributed by atoms with Crippen molar-refractivity contribution in [2.45, 2.75) is 33.9 Å². The standard InChI is InChI=1S/C14H18BrN3/c1-4-18-13(8-11(3)17-18)9-16-12-5-6-14(15)10(2)7-12/h5-8,16H,4,9H2,1-3H3. The lowest BCUT2D eigenvalue weighted by molar-refractivity contribution is 0.623. The van der Waals surface area contributed by atoms with Crippen LogP contribution in [0.4, 0.5) is 5.69 Å². The van der Waals surface area contributed by atoms with Crippen LogP contribution in [0.2, 0.25) is 0 Å². The highest BCUT2D eigenvalue weighted by molar-refractivity contribution is 9.10. The third-order valence-electron chi connectivity index (χ3n) is 2.92. The SMILES string of the molecule is CCn1nc(C)cc1CNc1ccc(Br)c(C)c1. The third kappa shape index (κ3) is 2.93. The van der Waals surface area contributed by atoms with Gasteiger partial charge < -0.3 is 5.32 Å². The van der Waals surface area contributed by atoms with Gasteiger partial charge in [0.15, 0.2) is 0 Å². The lowest BCUT2D eigenvalue weighted by atomic mass is 10.2. The molecule has 0 aliphatic carbocycles. The van der Waals surface area contributed by atoms with Crippen molar-refractivity contribution in [2.75, 3.05) is 5.32 Å². The van der Waals surface area contributed by atoms with Crippen LogP contribution in [0.1, 0.15) is 23.9 Å². The van der Waals surface area contributed by atoms with Crippen LogP contribution in [0.5, 0.6) is 0 Å². The van der Waals surface area contributed by atoms with Gasteiger partial charge >= 0.3 is 0 Å². The molecular formula is C14H18BrN3. The fraction of sp³-hybridized carbons (Fsp3) is 0.357. The van der Waals surface area contributed by atoms with Crippen LogP contribution in [0, 0.1) is 13.8 Å². The number of halogens is 1. The number of nitrogens with one attached hydrogen (secondary N) is 1. The van der Waals surface area contributed by atoms with Crippen molar-refractivity contribution in [2.24, 2.45) is 0 Å².